The maximum Gasteiger partial charge on any atom is 0.302 e. The van der Waals surface area contributed by atoms with Crippen LogP contribution in [0.5, 0.6) is 0 Å². The number of Topliss-reactive ketones (excluding diaryl/α,β-unsaturated/α-hetero) is 1. The summed E-state index contributed by atoms with van der Waals surface area (Å²) in [5, 5.41) is 0. The molecule has 0 heterocycles. The lowest BCUT2D eigenvalue weighted by atomic mass is 9.43. The SMILES string of the molecule is CC(=O)O[C@H]1CC[C@@]2(C)[C@H](C1)C(/C=C/c1ccccc1)C[C@@H]1[C@@H]2CC[C@]2(C)C(=O)CC[C@@H]12. The van der Waals surface area contributed by atoms with Crippen molar-refractivity contribution in [3.63, 3.8) is 0 Å². The van der Waals surface area contributed by atoms with E-state index in [9.17, 15) is 9.59 Å². The Bertz CT molecular complexity index is 904. The van der Waals surface area contributed by atoms with Crippen LogP contribution in [-0.4, -0.2) is 17.9 Å². The average molecular weight is 435 g/mol. The number of ketones is 1. The highest BCUT2D eigenvalue weighted by Gasteiger charge is 2.62. The van der Waals surface area contributed by atoms with Gasteiger partial charge >= 0.3 is 5.97 Å². The maximum absolute atomic E-state index is 12.8. The number of fused-ring (bicyclic) bond motifs is 5. The van der Waals surface area contributed by atoms with E-state index in [4.69, 9.17) is 4.74 Å². The lowest BCUT2D eigenvalue weighted by Crippen LogP contribution is -2.56. The molecule has 0 spiro atoms. The molecule has 0 bridgehead atoms. The van der Waals surface area contributed by atoms with Gasteiger partial charge in [-0.3, -0.25) is 9.59 Å². The van der Waals surface area contributed by atoms with Crippen LogP contribution in [-0.2, 0) is 14.3 Å². The predicted octanol–water partition coefficient (Wildman–Crippen LogP) is 6.47. The van der Waals surface area contributed by atoms with E-state index in [0.29, 0.717) is 35.4 Å². The van der Waals surface area contributed by atoms with Gasteiger partial charge in [-0.1, -0.05) is 56.3 Å². The van der Waals surface area contributed by atoms with Crippen molar-refractivity contribution in [1.82, 2.24) is 0 Å². The van der Waals surface area contributed by atoms with Crippen LogP contribution >= 0.6 is 0 Å². The molecule has 4 aliphatic carbocycles. The van der Waals surface area contributed by atoms with E-state index < -0.39 is 0 Å². The Kier molecular flexibility index (Phi) is 5.58. The fraction of sp³-hybridized carbons (Fsp3) is 0.655. The molecular weight excluding hydrogens is 396 g/mol. The molecule has 0 amide bonds. The summed E-state index contributed by atoms with van der Waals surface area (Å²) in [6, 6.07) is 10.6. The zero-order valence-electron chi connectivity index (χ0n) is 19.9. The summed E-state index contributed by atoms with van der Waals surface area (Å²) < 4.78 is 5.72. The largest absolute Gasteiger partial charge is 0.463 e. The first kappa shape index (κ1) is 21.9. The zero-order chi connectivity index (χ0) is 22.5. The van der Waals surface area contributed by atoms with Crippen molar-refractivity contribution < 1.29 is 14.3 Å². The van der Waals surface area contributed by atoms with E-state index >= 15 is 0 Å². The molecule has 4 fully saturated rings. The van der Waals surface area contributed by atoms with Gasteiger partial charge in [-0.15, -0.1) is 0 Å². The molecule has 1 aromatic carbocycles. The van der Waals surface area contributed by atoms with Crippen LogP contribution < -0.4 is 0 Å². The molecule has 3 heteroatoms. The number of carbonyl (C=O) groups excluding carboxylic acids is 2. The number of carbonyl (C=O) groups is 2. The van der Waals surface area contributed by atoms with Crippen molar-refractivity contribution in [3.8, 4) is 0 Å². The van der Waals surface area contributed by atoms with E-state index in [0.717, 1.165) is 38.5 Å². The number of benzene rings is 1. The minimum atomic E-state index is -0.151. The number of hydrogen-bond acceptors (Lipinski definition) is 3. The van der Waals surface area contributed by atoms with Gasteiger partial charge in [-0.2, -0.15) is 0 Å². The van der Waals surface area contributed by atoms with Crippen molar-refractivity contribution in [2.75, 3.05) is 0 Å². The van der Waals surface area contributed by atoms with Crippen molar-refractivity contribution in [2.45, 2.75) is 78.2 Å². The standard InChI is InChI=1S/C29H38O3/c1-19(30)32-22-13-15-28(2)25-14-16-29(3)24(11-12-27(29)31)23(25)17-21(26(28)18-22)10-9-20-7-5-4-6-8-20/h4-10,21-26H,11-18H2,1-3H3/b10-9+/t21?,22-,23-,24-,25-,26+,28+,29-/m0/s1. The molecule has 3 nitrogen and oxygen atoms in total. The summed E-state index contributed by atoms with van der Waals surface area (Å²) >= 11 is 0. The fourth-order valence-corrected chi connectivity index (χ4v) is 8.49. The first-order valence-electron chi connectivity index (χ1n) is 12.7. The number of ether oxygens (including phenoxy) is 1. The molecule has 0 radical (unpaired) electrons. The molecule has 0 aromatic heterocycles. The van der Waals surface area contributed by atoms with Crippen molar-refractivity contribution >= 4 is 17.8 Å². The highest BCUT2D eigenvalue weighted by Crippen LogP contribution is 2.67. The van der Waals surface area contributed by atoms with Crippen LogP contribution in [0.25, 0.3) is 6.08 Å². The average Bonchev–Trinajstić information content (AvgIpc) is 3.08. The quantitative estimate of drug-likeness (QED) is 0.512. The van der Waals surface area contributed by atoms with Gasteiger partial charge in [0.1, 0.15) is 11.9 Å². The fourth-order valence-electron chi connectivity index (χ4n) is 8.49. The van der Waals surface area contributed by atoms with Crippen LogP contribution in [0, 0.1) is 40.4 Å². The summed E-state index contributed by atoms with van der Waals surface area (Å²) in [7, 11) is 0. The lowest BCUT2D eigenvalue weighted by molar-refractivity contribution is -0.165. The van der Waals surface area contributed by atoms with E-state index in [1.807, 2.05) is 0 Å². The normalized spacial score (nSPS) is 43.4. The van der Waals surface area contributed by atoms with Gasteiger partial charge in [0.25, 0.3) is 0 Å². The Morgan fingerprint density at radius 2 is 1.78 bits per heavy atom. The second-order valence-electron chi connectivity index (χ2n) is 11.6. The Morgan fingerprint density at radius 1 is 1.00 bits per heavy atom. The number of esters is 1. The van der Waals surface area contributed by atoms with Crippen LogP contribution in [0.1, 0.15) is 77.7 Å². The molecule has 1 unspecified atom stereocenters. The molecule has 8 atom stereocenters. The minimum Gasteiger partial charge on any atom is -0.463 e. The maximum atomic E-state index is 12.8. The molecular formula is C29H38O3. The molecule has 1 aromatic rings. The Hall–Kier alpha value is -1.90. The lowest BCUT2D eigenvalue weighted by Gasteiger charge is -2.62. The summed E-state index contributed by atoms with van der Waals surface area (Å²) in [6.45, 7) is 6.34. The first-order chi connectivity index (χ1) is 15.3. The molecule has 4 saturated carbocycles. The van der Waals surface area contributed by atoms with E-state index in [1.54, 1.807) is 0 Å². The van der Waals surface area contributed by atoms with Crippen LogP contribution in [0.3, 0.4) is 0 Å². The van der Waals surface area contributed by atoms with Crippen LogP contribution in [0.2, 0.25) is 0 Å². The first-order valence-corrected chi connectivity index (χ1v) is 12.7. The van der Waals surface area contributed by atoms with Gasteiger partial charge in [-0.25, -0.2) is 0 Å². The Balaban J connectivity index is 1.48. The third-order valence-electron chi connectivity index (χ3n) is 10.1. The molecule has 0 aliphatic heterocycles. The van der Waals surface area contributed by atoms with E-state index in [2.05, 4.69) is 56.3 Å². The monoisotopic (exact) mass is 434 g/mol. The summed E-state index contributed by atoms with van der Waals surface area (Å²) in [4.78, 5) is 24.5. The predicted molar refractivity (Wildman–Crippen MR) is 127 cm³/mol. The number of hydrogen-bond donors (Lipinski definition) is 0. The van der Waals surface area contributed by atoms with Gasteiger partial charge in [0, 0.05) is 18.8 Å². The highest BCUT2D eigenvalue weighted by molar-refractivity contribution is 5.87. The summed E-state index contributed by atoms with van der Waals surface area (Å²) in [6.07, 6.45) is 13.2. The molecule has 0 saturated heterocycles. The topological polar surface area (TPSA) is 43.4 Å². The second kappa shape index (κ2) is 8.15. The summed E-state index contributed by atoms with van der Waals surface area (Å²) in [5.41, 5.74) is 1.42. The van der Waals surface area contributed by atoms with Crippen LogP contribution in [0.15, 0.2) is 36.4 Å². The van der Waals surface area contributed by atoms with Crippen molar-refractivity contribution in [2.24, 2.45) is 40.4 Å². The van der Waals surface area contributed by atoms with Crippen molar-refractivity contribution in [1.29, 1.82) is 0 Å². The van der Waals surface area contributed by atoms with Gasteiger partial charge in [0.2, 0.25) is 0 Å². The van der Waals surface area contributed by atoms with Crippen LogP contribution in [0.4, 0.5) is 0 Å². The Labute approximate surface area is 193 Å². The van der Waals surface area contributed by atoms with E-state index in [1.165, 1.54) is 25.3 Å². The van der Waals surface area contributed by atoms with Gasteiger partial charge < -0.3 is 4.74 Å². The number of rotatable bonds is 3. The second-order valence-corrected chi connectivity index (χ2v) is 11.6. The third-order valence-corrected chi connectivity index (χ3v) is 10.1. The minimum absolute atomic E-state index is 0.0525. The third kappa shape index (κ3) is 3.56. The molecule has 172 valence electrons. The van der Waals surface area contributed by atoms with Gasteiger partial charge in [0.05, 0.1) is 0 Å². The van der Waals surface area contributed by atoms with Gasteiger partial charge in [-0.05, 0) is 85.5 Å². The smallest absolute Gasteiger partial charge is 0.302 e. The molecule has 5 rings (SSSR count). The molecule has 0 N–H and O–H groups in total. The summed E-state index contributed by atoms with van der Waals surface area (Å²) in [5.74, 6) is 3.24. The highest BCUT2D eigenvalue weighted by atomic mass is 16.5. The van der Waals surface area contributed by atoms with E-state index in [-0.39, 0.29) is 22.9 Å². The zero-order valence-corrected chi connectivity index (χ0v) is 19.9. The molecule has 4 aliphatic rings. The van der Waals surface area contributed by atoms with Crippen molar-refractivity contribution in [3.05, 3.63) is 42.0 Å². The molecule has 32 heavy (non-hydrogen) atoms. The Morgan fingerprint density at radius 3 is 2.53 bits per heavy atom. The number of allylic oxidation sites excluding steroid dienone is 1. The van der Waals surface area contributed by atoms with Gasteiger partial charge in [0.15, 0.2) is 0 Å².